The van der Waals surface area contributed by atoms with Gasteiger partial charge in [0.05, 0.1) is 23.4 Å². The molecule has 4 rings (SSSR count). The summed E-state index contributed by atoms with van der Waals surface area (Å²) < 4.78 is 17.5. The van der Waals surface area contributed by atoms with Crippen LogP contribution in [0.1, 0.15) is 27.3 Å². The van der Waals surface area contributed by atoms with Crippen LogP contribution in [0.2, 0.25) is 5.02 Å². The number of carbonyl (C=O) groups is 1. The van der Waals surface area contributed by atoms with Gasteiger partial charge in [0, 0.05) is 34.9 Å². The second-order valence-electron chi connectivity index (χ2n) is 6.61. The molecule has 2 aromatic carbocycles. The molecule has 6 nitrogen and oxygen atoms in total. The van der Waals surface area contributed by atoms with Crippen LogP contribution in [-0.4, -0.2) is 30.7 Å². The van der Waals surface area contributed by atoms with Gasteiger partial charge in [-0.15, -0.1) is 0 Å². The topological polar surface area (TPSA) is 62.1 Å². The average Bonchev–Trinajstić information content (AvgIpc) is 3.29. The normalized spacial score (nSPS) is 12.6. The highest BCUT2D eigenvalue weighted by Crippen LogP contribution is 2.35. The molecule has 0 radical (unpaired) electrons. The van der Waals surface area contributed by atoms with Gasteiger partial charge in [0.1, 0.15) is 0 Å². The number of nitrogens with zero attached hydrogens (tertiary/aromatic N) is 2. The molecule has 3 aromatic rings. The summed E-state index contributed by atoms with van der Waals surface area (Å²) in [5, 5.41) is 0.345. The van der Waals surface area contributed by atoms with Crippen molar-refractivity contribution in [1.82, 2.24) is 4.57 Å². The summed E-state index contributed by atoms with van der Waals surface area (Å²) in [5.74, 6) is 0.971. The number of aryl methyl sites for hydroxylation is 1. The number of aromatic nitrogens is 1. The predicted molar refractivity (Wildman–Crippen MR) is 111 cm³/mol. The number of ether oxygens (including phenoxy) is 3. The number of halogens is 1. The van der Waals surface area contributed by atoms with E-state index in [1.807, 2.05) is 50.4 Å². The van der Waals surface area contributed by atoms with E-state index in [1.54, 1.807) is 12.1 Å². The zero-order valence-electron chi connectivity index (χ0n) is 16.2. The first-order valence-electron chi connectivity index (χ1n) is 8.99. The van der Waals surface area contributed by atoms with Crippen molar-refractivity contribution in [2.24, 2.45) is 4.99 Å². The molecule has 1 aromatic heterocycles. The number of esters is 1. The van der Waals surface area contributed by atoms with Gasteiger partial charge in [-0.05, 0) is 50.2 Å². The van der Waals surface area contributed by atoms with Gasteiger partial charge in [0.15, 0.2) is 11.5 Å². The summed E-state index contributed by atoms with van der Waals surface area (Å²) in [7, 11) is 1.33. The minimum absolute atomic E-state index is 0.237. The molecule has 0 amide bonds. The SMILES string of the molecule is COC(=O)c1ccc(-n2c(C)cc(C=Nc3ccc4c(c3)OCO4)c2C)cc1Cl. The van der Waals surface area contributed by atoms with Crippen LogP contribution in [0.15, 0.2) is 47.5 Å². The standard InChI is InChI=1S/C22H19ClN2O4/c1-13-8-15(11-24-16-4-7-20-21(9-16)29-12-28-20)14(2)25(13)17-5-6-18(19(23)10-17)22(26)27-3/h4-11H,12H2,1-3H3. The Morgan fingerprint density at radius 1 is 1.14 bits per heavy atom. The molecule has 0 aliphatic carbocycles. The molecule has 0 saturated carbocycles. The highest BCUT2D eigenvalue weighted by Gasteiger charge is 2.15. The smallest absolute Gasteiger partial charge is 0.339 e. The maximum atomic E-state index is 11.8. The minimum atomic E-state index is -0.459. The van der Waals surface area contributed by atoms with E-state index in [0.29, 0.717) is 16.3 Å². The second kappa shape index (κ2) is 7.64. The summed E-state index contributed by atoms with van der Waals surface area (Å²) in [6.07, 6.45) is 1.82. The molecule has 0 atom stereocenters. The number of fused-ring (bicyclic) bond motifs is 1. The van der Waals surface area contributed by atoms with Crippen molar-refractivity contribution >= 4 is 29.5 Å². The van der Waals surface area contributed by atoms with E-state index < -0.39 is 5.97 Å². The number of carbonyl (C=O) groups excluding carboxylic acids is 1. The lowest BCUT2D eigenvalue weighted by Gasteiger charge is -2.11. The Bertz CT molecular complexity index is 1130. The molecule has 0 fully saturated rings. The van der Waals surface area contributed by atoms with Gasteiger partial charge in [-0.1, -0.05) is 11.6 Å². The van der Waals surface area contributed by atoms with Gasteiger partial charge in [0.2, 0.25) is 6.79 Å². The Morgan fingerprint density at radius 3 is 2.69 bits per heavy atom. The van der Waals surface area contributed by atoms with Crippen LogP contribution in [0.5, 0.6) is 11.5 Å². The monoisotopic (exact) mass is 410 g/mol. The van der Waals surface area contributed by atoms with Crippen LogP contribution in [0.25, 0.3) is 5.69 Å². The molecule has 2 heterocycles. The van der Waals surface area contributed by atoms with Crippen LogP contribution in [0.3, 0.4) is 0 Å². The van der Waals surface area contributed by atoms with Crippen molar-refractivity contribution in [3.8, 4) is 17.2 Å². The van der Waals surface area contributed by atoms with Crippen molar-refractivity contribution in [2.45, 2.75) is 13.8 Å². The lowest BCUT2D eigenvalue weighted by atomic mass is 10.2. The number of hydrogen-bond donors (Lipinski definition) is 0. The molecule has 0 unspecified atom stereocenters. The third-order valence-electron chi connectivity index (χ3n) is 4.80. The summed E-state index contributed by atoms with van der Waals surface area (Å²) in [6, 6.07) is 12.9. The zero-order valence-corrected chi connectivity index (χ0v) is 17.0. The number of benzene rings is 2. The molecule has 7 heteroatoms. The lowest BCUT2D eigenvalue weighted by molar-refractivity contribution is 0.0601. The van der Waals surface area contributed by atoms with Crippen molar-refractivity contribution in [3.63, 3.8) is 0 Å². The summed E-state index contributed by atoms with van der Waals surface area (Å²) in [6.45, 7) is 4.25. The Hall–Kier alpha value is -3.25. The van der Waals surface area contributed by atoms with Crippen molar-refractivity contribution in [2.75, 3.05) is 13.9 Å². The molecule has 0 saturated heterocycles. The van der Waals surface area contributed by atoms with E-state index >= 15 is 0 Å². The lowest BCUT2D eigenvalue weighted by Crippen LogP contribution is -2.04. The highest BCUT2D eigenvalue weighted by molar-refractivity contribution is 6.33. The maximum Gasteiger partial charge on any atom is 0.339 e. The van der Waals surface area contributed by atoms with Gasteiger partial charge in [0.25, 0.3) is 0 Å². The Morgan fingerprint density at radius 2 is 1.93 bits per heavy atom. The number of rotatable bonds is 4. The molecule has 1 aliphatic heterocycles. The Labute approximate surface area is 173 Å². The van der Waals surface area contributed by atoms with E-state index in [0.717, 1.165) is 34.1 Å². The molecule has 148 valence electrons. The molecular weight excluding hydrogens is 392 g/mol. The first-order valence-corrected chi connectivity index (χ1v) is 9.36. The third kappa shape index (κ3) is 3.59. The van der Waals surface area contributed by atoms with E-state index in [-0.39, 0.29) is 6.79 Å². The van der Waals surface area contributed by atoms with Crippen LogP contribution in [0.4, 0.5) is 5.69 Å². The van der Waals surface area contributed by atoms with Gasteiger partial charge in [-0.25, -0.2) is 4.79 Å². The van der Waals surface area contributed by atoms with Crippen LogP contribution in [0, 0.1) is 13.8 Å². The average molecular weight is 411 g/mol. The van der Waals surface area contributed by atoms with Gasteiger partial charge >= 0.3 is 5.97 Å². The van der Waals surface area contributed by atoms with E-state index in [1.165, 1.54) is 7.11 Å². The van der Waals surface area contributed by atoms with Crippen molar-refractivity contribution in [1.29, 1.82) is 0 Å². The number of hydrogen-bond acceptors (Lipinski definition) is 5. The van der Waals surface area contributed by atoms with E-state index in [4.69, 9.17) is 25.8 Å². The Balaban J connectivity index is 1.65. The summed E-state index contributed by atoms with van der Waals surface area (Å²) >= 11 is 6.29. The first kappa shape index (κ1) is 19.1. The van der Waals surface area contributed by atoms with Gasteiger partial charge < -0.3 is 18.8 Å². The fourth-order valence-electron chi connectivity index (χ4n) is 3.34. The number of aliphatic imine (C=N–C) groups is 1. The molecule has 29 heavy (non-hydrogen) atoms. The van der Waals surface area contributed by atoms with Gasteiger partial charge in [-0.3, -0.25) is 4.99 Å². The second-order valence-corrected chi connectivity index (χ2v) is 7.02. The van der Waals surface area contributed by atoms with Crippen LogP contribution >= 0.6 is 11.6 Å². The molecule has 0 bridgehead atoms. The van der Waals surface area contributed by atoms with Gasteiger partial charge in [-0.2, -0.15) is 0 Å². The fourth-order valence-corrected chi connectivity index (χ4v) is 3.60. The van der Waals surface area contributed by atoms with Crippen molar-refractivity contribution in [3.05, 3.63) is 70.0 Å². The minimum Gasteiger partial charge on any atom is -0.465 e. The molecule has 0 N–H and O–H groups in total. The highest BCUT2D eigenvalue weighted by atomic mass is 35.5. The third-order valence-corrected chi connectivity index (χ3v) is 5.11. The number of methoxy groups -OCH3 is 1. The maximum absolute atomic E-state index is 11.8. The van der Waals surface area contributed by atoms with Crippen LogP contribution < -0.4 is 9.47 Å². The largest absolute Gasteiger partial charge is 0.465 e. The van der Waals surface area contributed by atoms with E-state index in [9.17, 15) is 4.79 Å². The van der Waals surface area contributed by atoms with Crippen molar-refractivity contribution < 1.29 is 19.0 Å². The summed E-state index contributed by atoms with van der Waals surface area (Å²) in [5.41, 5.74) is 4.99. The quantitative estimate of drug-likeness (QED) is 0.448. The zero-order chi connectivity index (χ0) is 20.5. The summed E-state index contributed by atoms with van der Waals surface area (Å²) in [4.78, 5) is 16.3. The molecule has 1 aliphatic rings. The van der Waals surface area contributed by atoms with Crippen LogP contribution in [-0.2, 0) is 4.74 Å². The molecular formula is C22H19ClN2O4. The predicted octanol–water partition coefficient (Wildman–Crippen LogP) is 5.01. The fraction of sp³-hybridized carbons (Fsp3) is 0.182. The van der Waals surface area contributed by atoms with E-state index in [2.05, 4.69) is 9.56 Å². The Kier molecular flexibility index (Phi) is 5.03. The molecule has 0 spiro atoms. The first-order chi connectivity index (χ1) is 14.0.